The molecule has 0 aromatic heterocycles. The van der Waals surface area contributed by atoms with Gasteiger partial charge in [0.2, 0.25) is 0 Å². The quantitative estimate of drug-likeness (QED) is 0.767. The Bertz CT molecular complexity index is 307. The molecule has 0 saturated carbocycles. The van der Waals surface area contributed by atoms with E-state index in [0.29, 0.717) is 6.04 Å². The zero-order valence-corrected chi connectivity index (χ0v) is 10.3. The Hall–Kier alpha value is -0.470. The molecule has 1 saturated heterocycles. The molecule has 2 unspecified atom stereocenters. The van der Waals surface area contributed by atoms with Crippen LogP contribution in [0.15, 0.2) is 29.2 Å². The van der Waals surface area contributed by atoms with E-state index < -0.39 is 0 Å². The zero-order chi connectivity index (χ0) is 10.7. The molecule has 0 amide bonds. The van der Waals surface area contributed by atoms with Gasteiger partial charge in [0.05, 0.1) is 0 Å². The molecule has 1 fully saturated rings. The lowest BCUT2D eigenvalue weighted by molar-refractivity contribution is 0.325. The van der Waals surface area contributed by atoms with Crippen LogP contribution in [-0.4, -0.2) is 12.8 Å². The molecule has 1 N–H and O–H groups in total. The first-order valence-corrected chi connectivity index (χ1v) is 6.89. The fourth-order valence-corrected chi connectivity index (χ4v) is 2.61. The fourth-order valence-electron chi connectivity index (χ4n) is 2.20. The lowest BCUT2D eigenvalue weighted by Crippen LogP contribution is -2.30. The van der Waals surface area contributed by atoms with Crippen molar-refractivity contribution in [3.8, 4) is 0 Å². The molecule has 1 aliphatic heterocycles. The summed E-state index contributed by atoms with van der Waals surface area (Å²) >= 11 is 1.80. The lowest BCUT2D eigenvalue weighted by atomic mass is 9.90. The first kappa shape index (κ1) is 11.0. The van der Waals surface area contributed by atoms with Crippen molar-refractivity contribution in [3.05, 3.63) is 29.8 Å². The summed E-state index contributed by atoms with van der Waals surface area (Å²) in [6.07, 6.45) is 4.72. The third kappa shape index (κ3) is 2.76. The van der Waals surface area contributed by atoms with Crippen LogP contribution in [0.5, 0.6) is 0 Å². The Morgan fingerprint density at radius 3 is 2.60 bits per heavy atom. The van der Waals surface area contributed by atoms with Crippen molar-refractivity contribution >= 4 is 11.8 Å². The monoisotopic (exact) mass is 221 g/mol. The van der Waals surface area contributed by atoms with Crippen LogP contribution >= 0.6 is 11.8 Å². The molecule has 1 aromatic rings. The van der Waals surface area contributed by atoms with E-state index in [0.717, 1.165) is 12.5 Å². The van der Waals surface area contributed by atoms with Crippen molar-refractivity contribution < 1.29 is 0 Å². The van der Waals surface area contributed by atoms with Gasteiger partial charge in [0, 0.05) is 10.9 Å². The average molecular weight is 221 g/mol. The molecule has 1 aromatic carbocycles. The van der Waals surface area contributed by atoms with Crippen LogP contribution in [0, 0.1) is 5.92 Å². The van der Waals surface area contributed by atoms with Crippen LogP contribution < -0.4 is 5.32 Å². The maximum atomic E-state index is 3.60. The summed E-state index contributed by atoms with van der Waals surface area (Å²) < 4.78 is 0. The maximum Gasteiger partial charge on any atom is 0.0322 e. The molecule has 2 atom stereocenters. The maximum absolute atomic E-state index is 3.60. The summed E-state index contributed by atoms with van der Waals surface area (Å²) in [6, 6.07) is 9.55. The third-order valence-electron chi connectivity index (χ3n) is 3.18. The molecule has 0 spiro atoms. The Morgan fingerprint density at radius 2 is 2.00 bits per heavy atom. The topological polar surface area (TPSA) is 12.0 Å². The van der Waals surface area contributed by atoms with Crippen molar-refractivity contribution in [1.29, 1.82) is 0 Å². The molecule has 0 aliphatic carbocycles. The lowest BCUT2D eigenvalue weighted by Gasteiger charge is -2.28. The Morgan fingerprint density at radius 1 is 1.27 bits per heavy atom. The van der Waals surface area contributed by atoms with Gasteiger partial charge in [-0.05, 0) is 49.3 Å². The molecule has 2 rings (SSSR count). The summed E-state index contributed by atoms with van der Waals surface area (Å²) in [5.41, 5.74) is 1.44. The molecular weight excluding hydrogens is 202 g/mol. The summed E-state index contributed by atoms with van der Waals surface area (Å²) in [5, 5.41) is 3.60. The van der Waals surface area contributed by atoms with Crippen molar-refractivity contribution in [3.63, 3.8) is 0 Å². The second-order valence-corrected chi connectivity index (χ2v) is 5.29. The van der Waals surface area contributed by atoms with E-state index >= 15 is 0 Å². The normalized spacial score (nSPS) is 26.5. The second kappa shape index (κ2) is 5.04. The molecule has 1 aliphatic rings. The van der Waals surface area contributed by atoms with Gasteiger partial charge in [-0.3, -0.25) is 0 Å². The van der Waals surface area contributed by atoms with Crippen LogP contribution in [-0.2, 0) is 0 Å². The van der Waals surface area contributed by atoms with Crippen LogP contribution in [0.2, 0.25) is 0 Å². The van der Waals surface area contributed by atoms with Gasteiger partial charge in [-0.15, -0.1) is 11.8 Å². The SMILES string of the molecule is CSc1ccc(C2CC(C)CCN2)cc1. The predicted molar refractivity (Wildman–Crippen MR) is 67.4 cm³/mol. The standard InChI is InChI=1S/C13H19NS/c1-10-7-8-14-13(9-10)11-3-5-12(15-2)6-4-11/h3-6,10,13-14H,7-9H2,1-2H3. The molecule has 0 radical (unpaired) electrons. The highest BCUT2D eigenvalue weighted by Crippen LogP contribution is 2.27. The van der Waals surface area contributed by atoms with E-state index in [1.54, 1.807) is 11.8 Å². The summed E-state index contributed by atoms with van der Waals surface area (Å²) in [4.78, 5) is 1.35. The fraction of sp³-hybridized carbons (Fsp3) is 0.538. The smallest absolute Gasteiger partial charge is 0.0322 e. The first-order chi connectivity index (χ1) is 7.29. The summed E-state index contributed by atoms with van der Waals surface area (Å²) in [7, 11) is 0. The van der Waals surface area contributed by atoms with E-state index in [4.69, 9.17) is 0 Å². The second-order valence-electron chi connectivity index (χ2n) is 4.41. The van der Waals surface area contributed by atoms with Crippen molar-refractivity contribution in [1.82, 2.24) is 5.32 Å². The van der Waals surface area contributed by atoms with Crippen LogP contribution in [0.1, 0.15) is 31.4 Å². The minimum Gasteiger partial charge on any atom is -0.310 e. The van der Waals surface area contributed by atoms with E-state index in [-0.39, 0.29) is 0 Å². The number of nitrogens with one attached hydrogen (secondary N) is 1. The van der Waals surface area contributed by atoms with Gasteiger partial charge in [-0.25, -0.2) is 0 Å². The number of hydrogen-bond acceptors (Lipinski definition) is 2. The van der Waals surface area contributed by atoms with Gasteiger partial charge in [0.15, 0.2) is 0 Å². The van der Waals surface area contributed by atoms with E-state index in [9.17, 15) is 0 Å². The van der Waals surface area contributed by atoms with Crippen molar-refractivity contribution in [2.45, 2.75) is 30.7 Å². The molecule has 2 heteroatoms. The minimum atomic E-state index is 0.574. The van der Waals surface area contributed by atoms with Gasteiger partial charge in [0.25, 0.3) is 0 Å². The van der Waals surface area contributed by atoms with E-state index in [1.165, 1.54) is 23.3 Å². The molecule has 15 heavy (non-hydrogen) atoms. The Labute approximate surface area is 96.7 Å². The van der Waals surface area contributed by atoms with E-state index in [2.05, 4.69) is 42.8 Å². The third-order valence-corrected chi connectivity index (χ3v) is 3.93. The van der Waals surface area contributed by atoms with Gasteiger partial charge in [0.1, 0.15) is 0 Å². The highest BCUT2D eigenvalue weighted by Gasteiger charge is 2.19. The number of hydrogen-bond donors (Lipinski definition) is 1. The van der Waals surface area contributed by atoms with Crippen molar-refractivity contribution in [2.75, 3.05) is 12.8 Å². The number of piperidine rings is 1. The molecular formula is C13H19NS. The highest BCUT2D eigenvalue weighted by atomic mass is 32.2. The predicted octanol–water partition coefficient (Wildman–Crippen LogP) is 3.47. The molecule has 82 valence electrons. The highest BCUT2D eigenvalue weighted by molar-refractivity contribution is 7.98. The first-order valence-electron chi connectivity index (χ1n) is 5.67. The van der Waals surface area contributed by atoms with Gasteiger partial charge in [-0.2, -0.15) is 0 Å². The minimum absolute atomic E-state index is 0.574. The van der Waals surface area contributed by atoms with Gasteiger partial charge in [-0.1, -0.05) is 19.1 Å². The van der Waals surface area contributed by atoms with Gasteiger partial charge < -0.3 is 5.32 Å². The van der Waals surface area contributed by atoms with Crippen LogP contribution in [0.4, 0.5) is 0 Å². The molecule has 0 bridgehead atoms. The largest absolute Gasteiger partial charge is 0.310 e. The average Bonchev–Trinajstić information content (AvgIpc) is 2.29. The Kier molecular flexibility index (Phi) is 3.71. The summed E-state index contributed by atoms with van der Waals surface area (Å²) in [6.45, 7) is 3.51. The number of thioether (sulfide) groups is 1. The number of benzene rings is 1. The zero-order valence-electron chi connectivity index (χ0n) is 9.49. The van der Waals surface area contributed by atoms with Crippen molar-refractivity contribution in [2.24, 2.45) is 5.92 Å². The summed E-state index contributed by atoms with van der Waals surface area (Å²) in [5.74, 6) is 0.858. The number of rotatable bonds is 2. The molecule has 1 heterocycles. The van der Waals surface area contributed by atoms with Crippen LogP contribution in [0.25, 0.3) is 0 Å². The van der Waals surface area contributed by atoms with E-state index in [1.807, 2.05) is 0 Å². The molecule has 1 nitrogen and oxygen atoms in total. The Balaban J connectivity index is 2.07. The van der Waals surface area contributed by atoms with Crippen LogP contribution in [0.3, 0.4) is 0 Å². The van der Waals surface area contributed by atoms with Gasteiger partial charge >= 0.3 is 0 Å².